The third-order valence-electron chi connectivity index (χ3n) is 2.55. The largest absolute Gasteiger partial charge is 0.269 e. The lowest BCUT2D eigenvalue weighted by Crippen LogP contribution is -2.27. The van der Waals surface area contributed by atoms with Crippen molar-refractivity contribution in [1.82, 2.24) is 10.2 Å². The molecule has 0 unspecified atom stereocenters. The van der Waals surface area contributed by atoms with E-state index in [4.69, 9.17) is 0 Å². The molecule has 0 fully saturated rings. The fourth-order valence-electron chi connectivity index (χ4n) is 1.59. The highest BCUT2D eigenvalue weighted by Crippen LogP contribution is 2.31. The predicted octanol–water partition coefficient (Wildman–Crippen LogP) is 2.88. The predicted molar refractivity (Wildman–Crippen MR) is 79.1 cm³/mol. The summed E-state index contributed by atoms with van der Waals surface area (Å²) in [6, 6.07) is 2.73. The van der Waals surface area contributed by atoms with Crippen molar-refractivity contribution in [3.05, 3.63) is 33.0 Å². The summed E-state index contributed by atoms with van der Waals surface area (Å²) in [5.41, 5.74) is 0.628. The zero-order valence-electron chi connectivity index (χ0n) is 10.9. The van der Waals surface area contributed by atoms with Gasteiger partial charge in [0.15, 0.2) is 0 Å². The van der Waals surface area contributed by atoms with Gasteiger partial charge in [0.25, 0.3) is 10.0 Å². The van der Waals surface area contributed by atoms with Gasteiger partial charge in [0.05, 0.1) is 0 Å². The molecule has 0 aliphatic rings. The molecule has 20 heavy (non-hydrogen) atoms. The van der Waals surface area contributed by atoms with Crippen LogP contribution in [0.2, 0.25) is 0 Å². The molecule has 2 rings (SSSR count). The van der Waals surface area contributed by atoms with E-state index in [1.165, 1.54) is 13.1 Å². The van der Waals surface area contributed by atoms with E-state index in [2.05, 4.69) is 26.1 Å². The van der Waals surface area contributed by atoms with Crippen LogP contribution in [0.1, 0.15) is 10.6 Å². The molecule has 0 aliphatic carbocycles. The zero-order valence-corrected chi connectivity index (χ0v) is 14.1. The second-order valence-electron chi connectivity index (χ2n) is 4.13. The van der Waals surface area contributed by atoms with E-state index in [9.17, 15) is 12.8 Å². The van der Waals surface area contributed by atoms with Crippen LogP contribution in [0.25, 0.3) is 0 Å². The number of rotatable bonds is 3. The van der Waals surface area contributed by atoms with Crippen LogP contribution in [0.5, 0.6) is 0 Å². The molecular formula is C11H11BrFN3O2S2. The molecule has 0 aliphatic heterocycles. The minimum atomic E-state index is -4.04. The first-order valence-corrected chi connectivity index (χ1v) is 8.53. The molecule has 1 aromatic carbocycles. The van der Waals surface area contributed by atoms with Crippen LogP contribution in [-0.2, 0) is 10.0 Å². The molecular weight excluding hydrogens is 369 g/mol. The summed E-state index contributed by atoms with van der Waals surface area (Å²) >= 11 is 4.22. The Morgan fingerprint density at radius 1 is 1.30 bits per heavy atom. The van der Waals surface area contributed by atoms with Gasteiger partial charge in [-0.1, -0.05) is 11.3 Å². The van der Waals surface area contributed by atoms with E-state index < -0.39 is 20.7 Å². The van der Waals surface area contributed by atoms with Gasteiger partial charge < -0.3 is 0 Å². The lowest BCUT2D eigenvalue weighted by molar-refractivity contribution is 0.563. The summed E-state index contributed by atoms with van der Waals surface area (Å²) in [7, 11) is -2.72. The van der Waals surface area contributed by atoms with Gasteiger partial charge in [0.2, 0.25) is 5.13 Å². The van der Waals surface area contributed by atoms with E-state index in [0.29, 0.717) is 10.6 Å². The first-order chi connectivity index (χ1) is 9.23. The number of sulfonamides is 1. The van der Waals surface area contributed by atoms with Crippen molar-refractivity contribution in [2.75, 3.05) is 11.4 Å². The van der Waals surface area contributed by atoms with E-state index >= 15 is 0 Å². The maximum atomic E-state index is 14.0. The molecule has 9 heteroatoms. The quantitative estimate of drug-likeness (QED) is 0.822. The Morgan fingerprint density at radius 2 is 1.95 bits per heavy atom. The van der Waals surface area contributed by atoms with Crippen LogP contribution in [0.15, 0.2) is 21.5 Å². The molecule has 0 radical (unpaired) electrons. The molecule has 0 atom stereocenters. The number of hydrogen-bond acceptors (Lipinski definition) is 5. The van der Waals surface area contributed by atoms with Crippen molar-refractivity contribution in [3.8, 4) is 0 Å². The highest BCUT2D eigenvalue weighted by Gasteiger charge is 2.29. The monoisotopic (exact) mass is 379 g/mol. The van der Waals surface area contributed by atoms with E-state index in [1.54, 1.807) is 19.9 Å². The van der Waals surface area contributed by atoms with Crippen molar-refractivity contribution in [3.63, 3.8) is 0 Å². The van der Waals surface area contributed by atoms with Gasteiger partial charge in [-0.05, 0) is 47.5 Å². The van der Waals surface area contributed by atoms with Crippen LogP contribution in [-0.4, -0.2) is 25.7 Å². The van der Waals surface area contributed by atoms with E-state index in [0.717, 1.165) is 15.6 Å². The van der Waals surface area contributed by atoms with Crippen LogP contribution in [0.4, 0.5) is 9.52 Å². The number of nitrogens with zero attached hydrogens (tertiary/aromatic N) is 3. The van der Waals surface area contributed by atoms with Gasteiger partial charge in [-0.2, -0.15) is 0 Å². The summed E-state index contributed by atoms with van der Waals surface area (Å²) in [5, 5.41) is 8.34. The molecule has 1 aromatic heterocycles. The van der Waals surface area contributed by atoms with Crippen LogP contribution >= 0.6 is 27.3 Å². The Balaban J connectivity index is 2.56. The van der Waals surface area contributed by atoms with Gasteiger partial charge in [0.1, 0.15) is 15.7 Å². The molecule has 5 nitrogen and oxygen atoms in total. The van der Waals surface area contributed by atoms with Crippen molar-refractivity contribution in [2.45, 2.75) is 18.7 Å². The molecule has 0 N–H and O–H groups in total. The first-order valence-electron chi connectivity index (χ1n) is 5.48. The minimum Gasteiger partial charge on any atom is -0.243 e. The molecule has 2 aromatic rings. The summed E-state index contributed by atoms with van der Waals surface area (Å²) in [6.07, 6.45) is 0. The molecule has 0 saturated heterocycles. The van der Waals surface area contributed by atoms with Gasteiger partial charge in [-0.15, -0.1) is 10.2 Å². The Bertz CT molecular complexity index is 738. The summed E-state index contributed by atoms with van der Waals surface area (Å²) in [4.78, 5) is -0.404. The van der Waals surface area contributed by atoms with Crippen molar-refractivity contribution >= 4 is 42.4 Å². The number of aromatic nitrogens is 2. The summed E-state index contributed by atoms with van der Waals surface area (Å²) < 4.78 is 40.1. The van der Waals surface area contributed by atoms with Crippen LogP contribution in [0, 0.1) is 19.7 Å². The standard InChI is InChI=1S/C11H11BrFN3O2S2/c1-6-4-8(12)10(9(13)5-6)20(17,18)16(3)11-15-14-7(2)19-11/h4-5H,1-3H3. The fraction of sp³-hybridized carbons (Fsp3) is 0.273. The normalized spacial score (nSPS) is 11.7. The third kappa shape index (κ3) is 2.70. The lowest BCUT2D eigenvalue weighted by atomic mass is 10.2. The number of anilines is 1. The number of benzene rings is 1. The SMILES string of the molecule is Cc1cc(F)c(S(=O)(=O)N(C)c2nnc(C)s2)c(Br)c1. The van der Waals surface area contributed by atoms with E-state index in [1.807, 2.05) is 0 Å². The number of hydrogen-bond donors (Lipinski definition) is 0. The average molecular weight is 380 g/mol. The Hall–Kier alpha value is -1.06. The van der Waals surface area contributed by atoms with Gasteiger partial charge >= 0.3 is 0 Å². The highest BCUT2D eigenvalue weighted by atomic mass is 79.9. The smallest absolute Gasteiger partial charge is 0.243 e. The molecule has 0 saturated carbocycles. The molecule has 0 bridgehead atoms. The molecule has 1 heterocycles. The summed E-state index contributed by atoms with van der Waals surface area (Å²) in [6.45, 7) is 3.39. The Labute approximate surface area is 128 Å². The van der Waals surface area contributed by atoms with E-state index in [-0.39, 0.29) is 9.60 Å². The molecule has 108 valence electrons. The average Bonchev–Trinajstić information content (AvgIpc) is 2.72. The van der Waals surface area contributed by atoms with Crippen LogP contribution < -0.4 is 4.31 Å². The second kappa shape index (κ2) is 5.38. The maximum absolute atomic E-state index is 14.0. The van der Waals surface area contributed by atoms with Crippen molar-refractivity contribution < 1.29 is 12.8 Å². The Morgan fingerprint density at radius 3 is 2.45 bits per heavy atom. The molecule has 0 spiro atoms. The van der Waals surface area contributed by atoms with Gasteiger partial charge in [-0.3, -0.25) is 0 Å². The van der Waals surface area contributed by atoms with Gasteiger partial charge in [0, 0.05) is 11.5 Å². The maximum Gasteiger partial charge on any atom is 0.269 e. The minimum absolute atomic E-state index is 0.183. The topological polar surface area (TPSA) is 63.2 Å². The molecule has 0 amide bonds. The Kier molecular flexibility index (Phi) is 4.12. The first kappa shape index (κ1) is 15.3. The third-order valence-corrected chi connectivity index (χ3v) is 6.29. The number of halogens is 2. The van der Waals surface area contributed by atoms with Gasteiger partial charge in [-0.25, -0.2) is 17.1 Å². The highest BCUT2D eigenvalue weighted by molar-refractivity contribution is 9.10. The second-order valence-corrected chi connectivity index (χ2v) is 8.05. The zero-order chi connectivity index (χ0) is 15.1. The van der Waals surface area contributed by atoms with Crippen molar-refractivity contribution in [1.29, 1.82) is 0 Å². The lowest BCUT2D eigenvalue weighted by Gasteiger charge is -2.17. The fourth-order valence-corrected chi connectivity index (χ4v) is 4.84. The number of aryl methyl sites for hydroxylation is 2. The van der Waals surface area contributed by atoms with Crippen molar-refractivity contribution in [2.24, 2.45) is 0 Å². The van der Waals surface area contributed by atoms with Crippen LogP contribution in [0.3, 0.4) is 0 Å². The summed E-state index contributed by atoms with van der Waals surface area (Å²) in [5.74, 6) is -0.801.